The third-order valence-electron chi connectivity index (χ3n) is 5.65. The summed E-state index contributed by atoms with van der Waals surface area (Å²) in [7, 11) is -14.7. The average Bonchev–Trinajstić information content (AvgIpc) is 2.81. The average molecular weight is 595 g/mol. The van der Waals surface area contributed by atoms with Gasteiger partial charge in [0.2, 0.25) is 0 Å². The molecule has 0 saturated carbocycles. The zero-order chi connectivity index (χ0) is 27.9. The van der Waals surface area contributed by atoms with Crippen molar-refractivity contribution in [3.8, 4) is 0 Å². The Morgan fingerprint density at radius 3 is 1.05 bits per heavy atom. The van der Waals surface area contributed by atoms with Crippen LogP contribution in [0.1, 0.15) is 136 Å². The second kappa shape index (κ2) is 23.1. The normalized spacial score (nSPS) is 14.2. The number of phosphoric ester groups is 1. The molecule has 0 bridgehead atoms. The van der Waals surface area contributed by atoms with Crippen molar-refractivity contribution < 1.29 is 45.7 Å². The molecule has 0 radical (unpaired) electrons. The second-order valence-electron chi connectivity index (χ2n) is 9.35. The Morgan fingerprint density at radius 2 is 0.730 bits per heavy atom. The zero-order valence-electron chi connectivity index (χ0n) is 23.4. The van der Waals surface area contributed by atoms with Crippen molar-refractivity contribution in [2.45, 2.75) is 136 Å². The molecule has 0 aliphatic rings. The summed E-state index contributed by atoms with van der Waals surface area (Å²) < 4.78 is 63.3. The van der Waals surface area contributed by atoms with Crippen LogP contribution in [0.4, 0.5) is 0 Å². The Hall–Kier alpha value is 0.410. The summed E-state index contributed by atoms with van der Waals surface area (Å²) in [6, 6.07) is 0. The predicted octanol–water partition coefficient (Wildman–Crippen LogP) is 9.46. The molecule has 0 aliphatic heterocycles. The third kappa shape index (κ3) is 24.0. The van der Waals surface area contributed by atoms with Gasteiger partial charge in [-0.15, -0.1) is 0 Å². The fourth-order valence-corrected chi connectivity index (χ4v) is 7.87. The molecule has 224 valence electrons. The molecule has 1 atom stereocenters. The van der Waals surface area contributed by atoms with Gasteiger partial charge in [-0.2, -0.15) is 8.62 Å². The van der Waals surface area contributed by atoms with Gasteiger partial charge in [-0.3, -0.25) is 13.6 Å². The second-order valence-corrected chi connectivity index (χ2v) is 14.2. The van der Waals surface area contributed by atoms with Crippen LogP contribution >= 0.6 is 23.5 Å². The van der Waals surface area contributed by atoms with E-state index in [1.54, 1.807) is 0 Å². The van der Waals surface area contributed by atoms with Crippen LogP contribution in [0.5, 0.6) is 0 Å². The van der Waals surface area contributed by atoms with E-state index in [1.165, 1.54) is 0 Å². The van der Waals surface area contributed by atoms with Crippen molar-refractivity contribution >= 4 is 23.5 Å². The Morgan fingerprint density at radius 1 is 0.432 bits per heavy atom. The van der Waals surface area contributed by atoms with Gasteiger partial charge in [-0.1, -0.05) is 117 Å². The maximum Gasteiger partial charge on any atom is 0.492 e. The Labute approximate surface area is 225 Å². The van der Waals surface area contributed by atoms with Crippen LogP contribution in [0.25, 0.3) is 0 Å². The fraction of sp³-hybridized carbons (Fsp3) is 1.00. The summed E-state index contributed by atoms with van der Waals surface area (Å²) in [6.07, 6.45) is 17.0. The lowest BCUT2D eigenvalue weighted by Crippen LogP contribution is -2.06. The maximum absolute atomic E-state index is 13.3. The zero-order valence-corrected chi connectivity index (χ0v) is 26.0. The van der Waals surface area contributed by atoms with Gasteiger partial charge >= 0.3 is 23.5 Å². The molecule has 0 aromatic carbocycles. The molecule has 0 heterocycles. The molecular weight excluding hydrogens is 541 g/mol. The van der Waals surface area contributed by atoms with E-state index in [4.69, 9.17) is 17.9 Å². The molecule has 0 aliphatic carbocycles. The van der Waals surface area contributed by atoms with Crippen molar-refractivity contribution in [2.24, 2.45) is 0 Å². The molecule has 0 fully saturated rings. The Balaban J connectivity index is 5.06. The molecule has 0 aromatic heterocycles. The van der Waals surface area contributed by atoms with E-state index in [1.807, 2.05) is 0 Å². The van der Waals surface area contributed by atoms with Crippen LogP contribution in [0.15, 0.2) is 0 Å². The van der Waals surface area contributed by atoms with Crippen LogP contribution < -0.4 is 0 Å². The smallest absolute Gasteiger partial charge is 0.302 e. The van der Waals surface area contributed by atoms with Crippen molar-refractivity contribution in [3.63, 3.8) is 0 Å². The minimum Gasteiger partial charge on any atom is -0.302 e. The SMILES string of the molecule is CCCCCCCCOP(=O)(OCCCCCCCC)OP(=O)(OCCCCCCCC)OP(=O)(O)O. The first kappa shape index (κ1) is 37.4. The summed E-state index contributed by atoms with van der Waals surface area (Å²) in [5.41, 5.74) is 0. The summed E-state index contributed by atoms with van der Waals surface area (Å²) in [5.74, 6) is 0. The molecule has 0 saturated heterocycles. The van der Waals surface area contributed by atoms with Gasteiger partial charge in [-0.05, 0) is 19.3 Å². The molecule has 37 heavy (non-hydrogen) atoms. The number of hydrogen-bond acceptors (Lipinski definition) is 8. The van der Waals surface area contributed by atoms with Crippen LogP contribution in [-0.4, -0.2) is 29.6 Å². The van der Waals surface area contributed by atoms with E-state index in [-0.39, 0.29) is 19.8 Å². The summed E-state index contributed by atoms with van der Waals surface area (Å²) in [4.78, 5) is 18.5. The van der Waals surface area contributed by atoms with Gasteiger partial charge in [0.05, 0.1) is 19.8 Å². The highest BCUT2D eigenvalue weighted by Crippen LogP contribution is 2.70. The minimum absolute atomic E-state index is 0.0211. The largest absolute Gasteiger partial charge is 0.492 e. The van der Waals surface area contributed by atoms with Gasteiger partial charge in [0.25, 0.3) is 0 Å². The lowest BCUT2D eigenvalue weighted by Gasteiger charge is -2.23. The summed E-state index contributed by atoms with van der Waals surface area (Å²) >= 11 is 0. The molecule has 0 rings (SSSR count). The van der Waals surface area contributed by atoms with E-state index in [9.17, 15) is 23.5 Å². The first-order chi connectivity index (χ1) is 17.6. The number of hydrogen-bond donors (Lipinski definition) is 2. The lowest BCUT2D eigenvalue weighted by molar-refractivity contribution is 0.120. The molecular formula is C24H53O10P3. The Bertz CT molecular complexity index is 649. The molecule has 10 nitrogen and oxygen atoms in total. The van der Waals surface area contributed by atoms with Gasteiger partial charge in [0.1, 0.15) is 0 Å². The fourth-order valence-electron chi connectivity index (χ4n) is 3.58. The predicted molar refractivity (Wildman–Crippen MR) is 147 cm³/mol. The molecule has 0 spiro atoms. The highest BCUT2D eigenvalue weighted by atomic mass is 31.3. The van der Waals surface area contributed by atoms with E-state index >= 15 is 0 Å². The summed E-state index contributed by atoms with van der Waals surface area (Å²) in [5, 5.41) is 0. The van der Waals surface area contributed by atoms with E-state index in [0.29, 0.717) is 19.3 Å². The number of unbranched alkanes of at least 4 members (excludes halogenated alkanes) is 15. The minimum atomic E-state index is -5.28. The van der Waals surface area contributed by atoms with Crippen LogP contribution in [0, 0.1) is 0 Å². The van der Waals surface area contributed by atoms with Crippen LogP contribution in [-0.2, 0) is 35.9 Å². The molecule has 2 N–H and O–H groups in total. The third-order valence-corrected chi connectivity index (χ3v) is 10.4. The number of rotatable bonds is 28. The van der Waals surface area contributed by atoms with Gasteiger partial charge in [-0.25, -0.2) is 13.7 Å². The molecule has 0 amide bonds. The Kier molecular flexibility index (Phi) is 23.4. The topological polar surface area (TPSA) is 138 Å². The first-order valence-corrected chi connectivity index (χ1v) is 18.7. The van der Waals surface area contributed by atoms with E-state index < -0.39 is 23.5 Å². The van der Waals surface area contributed by atoms with Gasteiger partial charge < -0.3 is 9.79 Å². The van der Waals surface area contributed by atoms with Gasteiger partial charge in [0.15, 0.2) is 0 Å². The van der Waals surface area contributed by atoms with Crippen molar-refractivity contribution in [2.75, 3.05) is 19.8 Å². The quantitative estimate of drug-likeness (QED) is 0.0665. The van der Waals surface area contributed by atoms with Gasteiger partial charge in [0, 0.05) is 0 Å². The first-order valence-electron chi connectivity index (χ1n) is 14.2. The summed E-state index contributed by atoms with van der Waals surface area (Å²) in [6.45, 7) is 6.27. The monoisotopic (exact) mass is 594 g/mol. The van der Waals surface area contributed by atoms with Crippen molar-refractivity contribution in [3.05, 3.63) is 0 Å². The highest BCUT2D eigenvalue weighted by Gasteiger charge is 2.45. The number of phosphoric acid groups is 3. The van der Waals surface area contributed by atoms with E-state index in [0.717, 1.165) is 96.3 Å². The molecule has 0 aromatic rings. The standard InChI is InChI=1S/C24H53O10P3/c1-4-7-10-13-16-19-22-30-36(28,31-23-20-17-14-11-8-5-2)34-37(29,33-35(25,26)27)32-24-21-18-15-12-9-6-3/h4-24H2,1-3H3,(H2,25,26,27). The van der Waals surface area contributed by atoms with Crippen LogP contribution in [0.2, 0.25) is 0 Å². The van der Waals surface area contributed by atoms with Crippen molar-refractivity contribution in [1.29, 1.82) is 0 Å². The highest BCUT2D eigenvalue weighted by molar-refractivity contribution is 7.67. The lowest BCUT2D eigenvalue weighted by atomic mass is 10.1. The molecule has 13 heteroatoms. The van der Waals surface area contributed by atoms with Crippen LogP contribution in [0.3, 0.4) is 0 Å². The molecule has 1 unspecified atom stereocenters. The maximum atomic E-state index is 13.3. The van der Waals surface area contributed by atoms with Crippen molar-refractivity contribution in [1.82, 2.24) is 0 Å². The van der Waals surface area contributed by atoms with E-state index in [2.05, 4.69) is 25.1 Å².